The smallest absolute Gasteiger partial charge is 0.340 e. The van der Waals surface area contributed by atoms with E-state index in [0.717, 1.165) is 24.3 Å². The van der Waals surface area contributed by atoms with E-state index in [-0.39, 0.29) is 22.7 Å². The van der Waals surface area contributed by atoms with Crippen molar-refractivity contribution in [3.8, 4) is 0 Å². The molecule has 0 aliphatic carbocycles. The van der Waals surface area contributed by atoms with E-state index < -0.39 is 23.9 Å². The zero-order chi connectivity index (χ0) is 28.2. The number of halogens is 1. The number of para-hydroxylation sites is 1. The van der Waals surface area contributed by atoms with E-state index in [1.54, 1.807) is 6.92 Å². The van der Waals surface area contributed by atoms with Crippen LogP contribution in [0.2, 0.25) is 5.02 Å². The van der Waals surface area contributed by atoms with E-state index >= 15 is 0 Å². The summed E-state index contributed by atoms with van der Waals surface area (Å²) in [6.07, 6.45) is -0.182. The largest absolute Gasteiger partial charge is 0.478 e. The fraction of sp³-hybridized carbons (Fsp3) is 0.226. The van der Waals surface area contributed by atoms with Crippen LogP contribution in [0.25, 0.3) is 10.9 Å². The van der Waals surface area contributed by atoms with Crippen molar-refractivity contribution in [3.63, 3.8) is 0 Å². The summed E-state index contributed by atoms with van der Waals surface area (Å²) < 4.78 is 5.81. The summed E-state index contributed by atoms with van der Waals surface area (Å²) in [6, 6.07) is 21.7. The van der Waals surface area contributed by atoms with E-state index in [0.29, 0.717) is 29.4 Å². The minimum atomic E-state index is -1.21. The summed E-state index contributed by atoms with van der Waals surface area (Å²) in [5.74, 6) is -2.37. The average Bonchev–Trinajstić information content (AvgIpc) is 2.95. The normalized spacial score (nSPS) is 13.8. The molecule has 1 aliphatic rings. The molecule has 0 saturated heterocycles. The number of carbonyl (C=O) groups excluding carboxylic acids is 2. The Morgan fingerprint density at radius 2 is 1.82 bits per heavy atom. The van der Waals surface area contributed by atoms with Crippen LogP contribution in [0.1, 0.15) is 50.9 Å². The highest BCUT2D eigenvalue weighted by molar-refractivity contribution is 6.33. The monoisotopic (exact) mass is 557 g/mol. The Labute approximate surface area is 236 Å². The first-order chi connectivity index (χ1) is 19.3. The maximum Gasteiger partial charge on any atom is 0.340 e. The summed E-state index contributed by atoms with van der Waals surface area (Å²) in [5, 5.41) is 12.7. The molecule has 40 heavy (non-hydrogen) atoms. The van der Waals surface area contributed by atoms with Crippen molar-refractivity contribution in [1.29, 1.82) is 0 Å². The molecule has 1 aromatic heterocycles. The lowest BCUT2D eigenvalue weighted by Crippen LogP contribution is -2.35. The number of nitrogens with zero attached hydrogens (tertiary/aromatic N) is 2. The molecule has 1 atom stereocenters. The number of amides is 1. The highest BCUT2D eigenvalue weighted by Gasteiger charge is 2.30. The van der Waals surface area contributed by atoms with Gasteiger partial charge in [0.25, 0.3) is 5.91 Å². The van der Waals surface area contributed by atoms with E-state index in [4.69, 9.17) is 21.3 Å². The quantitative estimate of drug-likeness (QED) is 0.267. The van der Waals surface area contributed by atoms with E-state index in [1.165, 1.54) is 23.8 Å². The second kappa shape index (κ2) is 11.9. The van der Waals surface area contributed by atoms with Crippen molar-refractivity contribution in [2.75, 3.05) is 11.9 Å². The number of fused-ring (bicyclic) bond motifs is 2. The first kappa shape index (κ1) is 27.3. The second-order valence-corrected chi connectivity index (χ2v) is 10.1. The van der Waals surface area contributed by atoms with Gasteiger partial charge >= 0.3 is 11.9 Å². The third kappa shape index (κ3) is 5.83. The Hall–Kier alpha value is -4.27. The van der Waals surface area contributed by atoms with Gasteiger partial charge in [0, 0.05) is 48.4 Å². The zero-order valence-electron chi connectivity index (χ0n) is 21.9. The zero-order valence-corrected chi connectivity index (χ0v) is 22.6. The summed E-state index contributed by atoms with van der Waals surface area (Å²) in [7, 11) is 0. The average molecular weight is 558 g/mol. The molecule has 9 heteroatoms. The number of carbonyl (C=O) groups is 3. The number of carboxylic acid groups (broad SMARTS) is 1. The third-order valence-corrected chi connectivity index (χ3v) is 7.29. The molecule has 0 spiro atoms. The Balaban J connectivity index is 1.41. The highest BCUT2D eigenvalue weighted by Crippen LogP contribution is 2.30. The number of anilines is 1. The molecule has 0 radical (unpaired) electrons. The lowest BCUT2D eigenvalue weighted by molar-refractivity contribution is -0.124. The third-order valence-electron chi connectivity index (χ3n) is 6.96. The van der Waals surface area contributed by atoms with Gasteiger partial charge in [0.1, 0.15) is 0 Å². The number of nitrogens with one attached hydrogen (secondary N) is 1. The van der Waals surface area contributed by atoms with Crippen LogP contribution in [0.5, 0.6) is 0 Å². The summed E-state index contributed by atoms with van der Waals surface area (Å²) in [5.41, 5.74) is 4.07. The van der Waals surface area contributed by atoms with E-state index in [2.05, 4.69) is 22.3 Å². The topological polar surface area (TPSA) is 109 Å². The van der Waals surface area contributed by atoms with Crippen molar-refractivity contribution < 1.29 is 24.2 Å². The Bertz CT molecular complexity index is 1590. The number of pyridine rings is 1. The van der Waals surface area contributed by atoms with E-state index in [1.807, 2.05) is 42.5 Å². The Kier molecular flexibility index (Phi) is 8.09. The lowest BCUT2D eigenvalue weighted by Gasteiger charge is -2.30. The fourth-order valence-corrected chi connectivity index (χ4v) is 5.15. The minimum absolute atomic E-state index is 0.0552. The molecule has 2 N–H and O–H groups in total. The predicted octanol–water partition coefficient (Wildman–Crippen LogP) is 5.72. The molecule has 0 bridgehead atoms. The van der Waals surface area contributed by atoms with Crippen molar-refractivity contribution in [2.45, 2.75) is 39.0 Å². The van der Waals surface area contributed by atoms with Gasteiger partial charge in [-0.3, -0.25) is 14.7 Å². The van der Waals surface area contributed by atoms with Gasteiger partial charge in [0.05, 0.1) is 21.7 Å². The number of aromatic nitrogens is 1. The van der Waals surface area contributed by atoms with Crippen molar-refractivity contribution in [3.05, 3.63) is 106 Å². The lowest BCUT2D eigenvalue weighted by atomic mass is 9.95. The van der Waals surface area contributed by atoms with Crippen LogP contribution in [-0.2, 0) is 29.0 Å². The van der Waals surface area contributed by atoms with Crippen LogP contribution in [0.4, 0.5) is 5.69 Å². The van der Waals surface area contributed by atoms with Crippen molar-refractivity contribution in [2.24, 2.45) is 0 Å². The Morgan fingerprint density at radius 1 is 1.07 bits per heavy atom. The van der Waals surface area contributed by atoms with Gasteiger partial charge in [-0.1, -0.05) is 67.1 Å². The van der Waals surface area contributed by atoms with Gasteiger partial charge in [-0.05, 0) is 36.2 Å². The van der Waals surface area contributed by atoms with Gasteiger partial charge in [-0.2, -0.15) is 0 Å². The van der Waals surface area contributed by atoms with Crippen LogP contribution in [-0.4, -0.2) is 45.5 Å². The van der Waals surface area contributed by atoms with Crippen molar-refractivity contribution >= 4 is 46.0 Å². The molecule has 5 rings (SSSR count). The summed E-state index contributed by atoms with van der Waals surface area (Å²) in [4.78, 5) is 45.4. The van der Waals surface area contributed by atoms with Crippen molar-refractivity contribution in [1.82, 2.24) is 9.88 Å². The molecular formula is C31H28ClN3O5. The first-order valence-corrected chi connectivity index (χ1v) is 13.4. The second-order valence-electron chi connectivity index (χ2n) is 9.67. The number of ether oxygens (including phenoxy) is 1. The maximum absolute atomic E-state index is 13.8. The van der Waals surface area contributed by atoms with Crippen LogP contribution < -0.4 is 5.32 Å². The molecule has 204 valence electrons. The summed E-state index contributed by atoms with van der Waals surface area (Å²) >= 11 is 5.94. The summed E-state index contributed by atoms with van der Waals surface area (Å²) in [6.45, 7) is 3.81. The molecule has 1 amide bonds. The van der Waals surface area contributed by atoms with Gasteiger partial charge in [-0.15, -0.1) is 0 Å². The number of esters is 1. The minimum Gasteiger partial charge on any atom is -0.478 e. The van der Waals surface area contributed by atoms with Gasteiger partial charge in [0.2, 0.25) is 0 Å². The molecule has 0 fully saturated rings. The van der Waals surface area contributed by atoms with Crippen LogP contribution in [0.15, 0.2) is 72.8 Å². The molecule has 2 heterocycles. The predicted molar refractivity (Wildman–Crippen MR) is 153 cm³/mol. The Morgan fingerprint density at radius 3 is 2.58 bits per heavy atom. The molecule has 8 nitrogen and oxygen atoms in total. The maximum atomic E-state index is 13.8. The van der Waals surface area contributed by atoms with Crippen LogP contribution >= 0.6 is 11.6 Å². The SMILES string of the molecule is CCC(OC(=O)c1c2c(nc3ccccc13)CCN(Cc1ccccc1)C2)C(=O)Nc1ccc(Cl)c(C(=O)O)c1. The number of hydrogen-bond acceptors (Lipinski definition) is 6. The highest BCUT2D eigenvalue weighted by atomic mass is 35.5. The molecule has 4 aromatic rings. The number of carboxylic acids is 1. The fourth-order valence-electron chi connectivity index (χ4n) is 4.96. The van der Waals surface area contributed by atoms with Gasteiger partial charge in [0.15, 0.2) is 6.10 Å². The van der Waals surface area contributed by atoms with E-state index in [9.17, 15) is 19.5 Å². The van der Waals surface area contributed by atoms with Gasteiger partial charge in [-0.25, -0.2) is 9.59 Å². The molecule has 1 aliphatic heterocycles. The number of rotatable bonds is 8. The number of benzene rings is 3. The number of hydrogen-bond donors (Lipinski definition) is 2. The van der Waals surface area contributed by atoms with Gasteiger partial charge < -0.3 is 15.2 Å². The number of aromatic carboxylic acids is 1. The molecular weight excluding hydrogens is 530 g/mol. The standard InChI is InChI=1S/C31H28ClN3O5/c1-2-27(29(36)33-20-12-13-24(32)22(16-20)30(37)38)40-31(39)28-21-10-6-7-11-25(21)34-26-14-15-35(18-23(26)28)17-19-8-4-3-5-9-19/h3-13,16,27H,2,14-15,17-18H2,1H3,(H,33,36)(H,37,38). The first-order valence-electron chi connectivity index (χ1n) is 13.1. The van der Waals surface area contributed by atoms with Crippen LogP contribution in [0.3, 0.4) is 0 Å². The molecule has 0 saturated carbocycles. The molecule has 3 aromatic carbocycles. The van der Waals surface area contributed by atoms with Crippen LogP contribution in [0, 0.1) is 0 Å². The molecule has 1 unspecified atom stereocenters.